The van der Waals surface area contributed by atoms with Crippen molar-refractivity contribution in [2.24, 2.45) is 5.10 Å². The highest BCUT2D eigenvalue weighted by Crippen LogP contribution is 2.36. The summed E-state index contributed by atoms with van der Waals surface area (Å²) in [5.41, 5.74) is 1.08. The number of halogens is 2. The molecule has 30 heavy (non-hydrogen) atoms. The van der Waals surface area contributed by atoms with Crippen LogP contribution in [0.1, 0.15) is 25.2 Å². The standard InChI is InChI=1S/C21H18Br2N4O3/c1-3-19-26-17-6-5-14(22)11-15(17)21(28)27(19)25-12-13-9-16(23)20(30-8-7-24)18(10-13)29-4-2/h5-6,9-12H,3-4,8H2,1-2H3. The molecule has 0 aliphatic heterocycles. The quantitative estimate of drug-likeness (QED) is 0.412. The van der Waals surface area contributed by atoms with Gasteiger partial charge in [0, 0.05) is 10.9 Å². The van der Waals surface area contributed by atoms with Crippen molar-refractivity contribution in [2.45, 2.75) is 20.3 Å². The largest absolute Gasteiger partial charge is 0.490 e. The van der Waals surface area contributed by atoms with Gasteiger partial charge in [0.1, 0.15) is 11.9 Å². The normalized spacial score (nSPS) is 11.0. The fourth-order valence-electron chi connectivity index (χ4n) is 2.84. The van der Waals surface area contributed by atoms with Gasteiger partial charge in [-0.05, 0) is 58.7 Å². The molecule has 0 amide bonds. The van der Waals surface area contributed by atoms with Crippen molar-refractivity contribution >= 4 is 49.0 Å². The van der Waals surface area contributed by atoms with Crippen LogP contribution in [0.5, 0.6) is 11.5 Å². The van der Waals surface area contributed by atoms with Crippen molar-refractivity contribution in [1.29, 1.82) is 5.26 Å². The molecule has 0 bridgehead atoms. The Labute approximate surface area is 190 Å². The van der Waals surface area contributed by atoms with Crippen LogP contribution in [0.15, 0.2) is 49.2 Å². The van der Waals surface area contributed by atoms with Gasteiger partial charge >= 0.3 is 0 Å². The molecule has 0 spiro atoms. The molecule has 0 aliphatic carbocycles. The number of aryl methyl sites for hydroxylation is 1. The minimum absolute atomic E-state index is 0.0975. The molecular weight excluding hydrogens is 516 g/mol. The maximum atomic E-state index is 13.0. The molecule has 2 aromatic carbocycles. The minimum Gasteiger partial charge on any atom is -0.490 e. The number of hydrogen-bond acceptors (Lipinski definition) is 6. The van der Waals surface area contributed by atoms with E-state index >= 15 is 0 Å². The molecule has 9 heteroatoms. The SMILES string of the molecule is CCOc1cc(C=Nn2c(CC)nc3ccc(Br)cc3c2=O)cc(Br)c1OCC#N. The highest BCUT2D eigenvalue weighted by molar-refractivity contribution is 9.10. The summed E-state index contributed by atoms with van der Waals surface area (Å²) in [6, 6.07) is 10.9. The number of ether oxygens (including phenoxy) is 2. The van der Waals surface area contributed by atoms with Crippen LogP contribution in [-0.2, 0) is 6.42 Å². The lowest BCUT2D eigenvalue weighted by atomic mass is 10.2. The zero-order chi connectivity index (χ0) is 21.7. The van der Waals surface area contributed by atoms with Gasteiger partial charge in [0.25, 0.3) is 5.56 Å². The average Bonchev–Trinajstić information content (AvgIpc) is 2.73. The van der Waals surface area contributed by atoms with Crippen LogP contribution in [0.4, 0.5) is 0 Å². The molecule has 7 nitrogen and oxygen atoms in total. The summed E-state index contributed by atoms with van der Waals surface area (Å²) in [4.78, 5) is 17.6. The van der Waals surface area contributed by atoms with Gasteiger partial charge < -0.3 is 9.47 Å². The molecule has 154 valence electrons. The number of nitriles is 1. The summed E-state index contributed by atoms with van der Waals surface area (Å²) in [7, 11) is 0. The van der Waals surface area contributed by atoms with Gasteiger partial charge in [-0.2, -0.15) is 15.0 Å². The Kier molecular flexibility index (Phi) is 7.24. The molecule has 0 saturated heterocycles. The van der Waals surface area contributed by atoms with Crippen molar-refractivity contribution in [1.82, 2.24) is 9.66 Å². The Morgan fingerprint density at radius 3 is 2.73 bits per heavy atom. The number of hydrogen-bond donors (Lipinski definition) is 0. The van der Waals surface area contributed by atoms with Crippen LogP contribution < -0.4 is 15.0 Å². The maximum Gasteiger partial charge on any atom is 0.282 e. The van der Waals surface area contributed by atoms with Crippen molar-refractivity contribution in [2.75, 3.05) is 13.2 Å². The maximum absolute atomic E-state index is 13.0. The monoisotopic (exact) mass is 532 g/mol. The third-order valence-electron chi connectivity index (χ3n) is 4.13. The molecule has 0 unspecified atom stereocenters. The van der Waals surface area contributed by atoms with Gasteiger partial charge in [-0.15, -0.1) is 0 Å². The van der Waals surface area contributed by atoms with E-state index in [2.05, 4.69) is 41.9 Å². The second-order valence-corrected chi connectivity index (χ2v) is 7.88. The van der Waals surface area contributed by atoms with Crippen LogP contribution >= 0.6 is 31.9 Å². The van der Waals surface area contributed by atoms with Crippen LogP contribution in [0, 0.1) is 11.3 Å². The molecule has 0 saturated carbocycles. The Morgan fingerprint density at radius 1 is 1.23 bits per heavy atom. The number of rotatable bonds is 7. The van der Waals surface area contributed by atoms with Gasteiger partial charge in [0.05, 0.1) is 28.2 Å². The molecule has 3 rings (SSSR count). The topological polar surface area (TPSA) is 89.5 Å². The van der Waals surface area contributed by atoms with E-state index in [1.165, 1.54) is 4.68 Å². The third kappa shape index (κ3) is 4.71. The van der Waals surface area contributed by atoms with Crippen molar-refractivity contribution in [3.63, 3.8) is 0 Å². The summed E-state index contributed by atoms with van der Waals surface area (Å²) in [6.45, 7) is 4.11. The first-order chi connectivity index (χ1) is 14.5. The summed E-state index contributed by atoms with van der Waals surface area (Å²) in [5, 5.41) is 13.7. The molecule has 1 aromatic heterocycles. The fourth-order valence-corrected chi connectivity index (χ4v) is 3.77. The van der Waals surface area contributed by atoms with E-state index < -0.39 is 0 Å². The van der Waals surface area contributed by atoms with E-state index in [-0.39, 0.29) is 12.2 Å². The molecule has 0 fully saturated rings. The average molecular weight is 534 g/mol. The van der Waals surface area contributed by atoms with Crippen molar-refractivity contribution in [3.8, 4) is 17.6 Å². The molecule has 0 N–H and O–H groups in total. The van der Waals surface area contributed by atoms with Crippen molar-refractivity contribution < 1.29 is 9.47 Å². The predicted molar refractivity (Wildman–Crippen MR) is 122 cm³/mol. The van der Waals surface area contributed by atoms with E-state index in [0.717, 1.165) is 4.47 Å². The highest BCUT2D eigenvalue weighted by atomic mass is 79.9. The van der Waals surface area contributed by atoms with E-state index in [1.54, 1.807) is 30.5 Å². The summed E-state index contributed by atoms with van der Waals surface area (Å²) in [6.07, 6.45) is 2.11. The number of nitrogens with zero attached hydrogens (tertiary/aromatic N) is 4. The molecule has 1 heterocycles. The van der Waals surface area contributed by atoms with E-state index in [0.29, 0.717) is 51.3 Å². The second-order valence-electron chi connectivity index (χ2n) is 6.11. The van der Waals surface area contributed by atoms with Gasteiger partial charge in [-0.25, -0.2) is 4.98 Å². The van der Waals surface area contributed by atoms with Crippen molar-refractivity contribution in [3.05, 3.63) is 61.0 Å². The van der Waals surface area contributed by atoms with Crippen LogP contribution in [0.2, 0.25) is 0 Å². The first-order valence-electron chi connectivity index (χ1n) is 9.20. The van der Waals surface area contributed by atoms with Gasteiger partial charge in [0.15, 0.2) is 18.1 Å². The Morgan fingerprint density at radius 2 is 2.03 bits per heavy atom. The van der Waals surface area contributed by atoms with Gasteiger partial charge in [-0.1, -0.05) is 22.9 Å². The number of benzene rings is 2. The Bertz CT molecular complexity index is 1220. The molecular formula is C21H18Br2N4O3. The second kappa shape index (κ2) is 9.87. The summed E-state index contributed by atoms with van der Waals surface area (Å²) >= 11 is 6.84. The lowest BCUT2D eigenvalue weighted by Crippen LogP contribution is -2.22. The molecule has 0 aliphatic rings. The zero-order valence-electron chi connectivity index (χ0n) is 16.4. The fraction of sp³-hybridized carbons (Fsp3) is 0.238. The van der Waals surface area contributed by atoms with Crippen LogP contribution in [0.25, 0.3) is 10.9 Å². The highest BCUT2D eigenvalue weighted by Gasteiger charge is 2.13. The number of fused-ring (bicyclic) bond motifs is 1. The lowest BCUT2D eigenvalue weighted by molar-refractivity contribution is 0.297. The lowest BCUT2D eigenvalue weighted by Gasteiger charge is -2.13. The molecule has 0 atom stereocenters. The van der Waals surface area contributed by atoms with E-state index in [1.807, 2.05) is 26.0 Å². The van der Waals surface area contributed by atoms with Crippen LogP contribution in [0.3, 0.4) is 0 Å². The minimum atomic E-state index is -0.243. The van der Waals surface area contributed by atoms with Gasteiger partial charge in [-0.3, -0.25) is 4.79 Å². The zero-order valence-corrected chi connectivity index (χ0v) is 19.5. The summed E-state index contributed by atoms with van der Waals surface area (Å²) in [5.74, 6) is 1.48. The molecule has 0 radical (unpaired) electrons. The number of aromatic nitrogens is 2. The van der Waals surface area contributed by atoms with Crippen LogP contribution in [-0.4, -0.2) is 29.1 Å². The Hall–Kier alpha value is -2.70. The Balaban J connectivity index is 2.07. The van der Waals surface area contributed by atoms with E-state index in [9.17, 15) is 4.79 Å². The molecule has 3 aromatic rings. The van der Waals surface area contributed by atoms with Gasteiger partial charge in [0.2, 0.25) is 0 Å². The van der Waals surface area contributed by atoms with E-state index in [4.69, 9.17) is 14.7 Å². The first-order valence-corrected chi connectivity index (χ1v) is 10.8. The first kappa shape index (κ1) is 22.0. The predicted octanol–water partition coefficient (Wildman–Crippen LogP) is 4.67. The smallest absolute Gasteiger partial charge is 0.282 e. The third-order valence-corrected chi connectivity index (χ3v) is 5.21. The summed E-state index contributed by atoms with van der Waals surface area (Å²) < 4.78 is 13.8.